The Balaban J connectivity index is 2.58. The molecular formula is C14H13ClO2S. The third-order valence-corrected chi connectivity index (χ3v) is 4.96. The number of benzene rings is 2. The van der Waals surface area contributed by atoms with Gasteiger partial charge in [-0.15, -0.1) is 0 Å². The minimum atomic E-state index is -3.54. The molecule has 0 aliphatic carbocycles. The van der Waals surface area contributed by atoms with Gasteiger partial charge in [0.15, 0.2) is 0 Å². The standard InChI is InChI=1S/C14H13ClO2S/c1-10-3-6-12(7-4-10)18(16,17)14-8-5-11(2)9-13(14)15/h3-9H,1-2H3. The van der Waals surface area contributed by atoms with Crippen LogP contribution in [0.5, 0.6) is 0 Å². The van der Waals surface area contributed by atoms with Crippen LogP contribution in [0.1, 0.15) is 11.1 Å². The summed E-state index contributed by atoms with van der Waals surface area (Å²) in [5.41, 5.74) is 1.95. The summed E-state index contributed by atoms with van der Waals surface area (Å²) >= 11 is 6.02. The molecule has 2 nitrogen and oxygen atoms in total. The summed E-state index contributed by atoms with van der Waals surface area (Å²) in [5.74, 6) is 0. The molecule has 4 heteroatoms. The molecule has 0 spiro atoms. The maximum absolute atomic E-state index is 12.4. The SMILES string of the molecule is Cc1ccc(S(=O)(=O)c2ccc(C)cc2Cl)cc1. The van der Waals surface area contributed by atoms with E-state index in [0.717, 1.165) is 11.1 Å². The van der Waals surface area contributed by atoms with Crippen LogP contribution in [0, 0.1) is 13.8 Å². The molecule has 2 rings (SSSR count). The lowest BCUT2D eigenvalue weighted by Crippen LogP contribution is -2.02. The van der Waals surface area contributed by atoms with Crippen molar-refractivity contribution in [3.8, 4) is 0 Å². The van der Waals surface area contributed by atoms with Crippen molar-refractivity contribution in [1.82, 2.24) is 0 Å². The molecule has 2 aromatic rings. The number of sulfone groups is 1. The fourth-order valence-corrected chi connectivity index (χ4v) is 3.52. The number of rotatable bonds is 2. The Kier molecular flexibility index (Phi) is 3.46. The topological polar surface area (TPSA) is 34.1 Å². The van der Waals surface area contributed by atoms with Crippen molar-refractivity contribution in [3.05, 3.63) is 58.6 Å². The van der Waals surface area contributed by atoms with Crippen molar-refractivity contribution in [2.75, 3.05) is 0 Å². The zero-order chi connectivity index (χ0) is 13.3. The molecule has 0 fully saturated rings. The first-order valence-electron chi connectivity index (χ1n) is 5.49. The van der Waals surface area contributed by atoms with Gasteiger partial charge in [0.2, 0.25) is 9.84 Å². The van der Waals surface area contributed by atoms with E-state index in [2.05, 4.69) is 0 Å². The van der Waals surface area contributed by atoms with Gasteiger partial charge in [-0.2, -0.15) is 0 Å². The van der Waals surface area contributed by atoms with E-state index in [1.807, 2.05) is 13.8 Å². The predicted octanol–water partition coefficient (Wildman–Crippen LogP) is 3.79. The second-order valence-corrected chi connectivity index (χ2v) is 6.58. The fourth-order valence-electron chi connectivity index (χ4n) is 1.67. The van der Waals surface area contributed by atoms with E-state index in [9.17, 15) is 8.42 Å². The average molecular weight is 281 g/mol. The Morgan fingerprint density at radius 1 is 0.889 bits per heavy atom. The highest BCUT2D eigenvalue weighted by Gasteiger charge is 2.20. The van der Waals surface area contributed by atoms with E-state index >= 15 is 0 Å². The van der Waals surface area contributed by atoms with Gasteiger partial charge in [0.1, 0.15) is 0 Å². The van der Waals surface area contributed by atoms with Gasteiger partial charge >= 0.3 is 0 Å². The Morgan fingerprint density at radius 2 is 1.44 bits per heavy atom. The summed E-state index contributed by atoms with van der Waals surface area (Å²) in [6.45, 7) is 3.78. The molecular weight excluding hydrogens is 268 g/mol. The molecule has 0 atom stereocenters. The minimum absolute atomic E-state index is 0.151. The van der Waals surface area contributed by atoms with Gasteiger partial charge < -0.3 is 0 Å². The third-order valence-electron chi connectivity index (χ3n) is 2.71. The lowest BCUT2D eigenvalue weighted by molar-refractivity contribution is 0.596. The summed E-state index contributed by atoms with van der Waals surface area (Å²) in [6.07, 6.45) is 0. The van der Waals surface area contributed by atoms with Gasteiger partial charge in [0, 0.05) is 0 Å². The third kappa shape index (κ3) is 2.42. The van der Waals surface area contributed by atoms with Crippen molar-refractivity contribution in [2.24, 2.45) is 0 Å². The van der Waals surface area contributed by atoms with E-state index in [-0.39, 0.29) is 14.8 Å². The van der Waals surface area contributed by atoms with E-state index in [1.54, 1.807) is 42.5 Å². The second kappa shape index (κ2) is 4.75. The summed E-state index contributed by atoms with van der Waals surface area (Å²) in [4.78, 5) is 0.414. The molecule has 0 aliphatic rings. The number of aryl methyl sites for hydroxylation is 2. The molecule has 0 saturated heterocycles. The quantitative estimate of drug-likeness (QED) is 0.839. The van der Waals surface area contributed by atoms with Gasteiger partial charge in [-0.1, -0.05) is 35.4 Å². The van der Waals surface area contributed by atoms with E-state index in [4.69, 9.17) is 11.6 Å². The molecule has 0 unspecified atom stereocenters. The maximum Gasteiger partial charge on any atom is 0.208 e. The van der Waals surface area contributed by atoms with E-state index < -0.39 is 9.84 Å². The largest absolute Gasteiger partial charge is 0.218 e. The highest BCUT2D eigenvalue weighted by molar-refractivity contribution is 7.91. The first-order chi connectivity index (χ1) is 8.41. The highest BCUT2D eigenvalue weighted by Crippen LogP contribution is 2.28. The molecule has 0 saturated carbocycles. The summed E-state index contributed by atoms with van der Waals surface area (Å²) in [7, 11) is -3.54. The molecule has 0 amide bonds. The summed E-state index contributed by atoms with van der Waals surface area (Å²) in [6, 6.07) is 11.7. The monoisotopic (exact) mass is 280 g/mol. The first kappa shape index (κ1) is 13.1. The van der Waals surface area contributed by atoms with Crippen LogP contribution < -0.4 is 0 Å². The molecule has 0 bridgehead atoms. The lowest BCUT2D eigenvalue weighted by Gasteiger charge is -2.07. The second-order valence-electron chi connectivity index (χ2n) is 4.25. The van der Waals surface area contributed by atoms with Crippen LogP contribution in [0.4, 0.5) is 0 Å². The van der Waals surface area contributed by atoms with E-state index in [0.29, 0.717) is 0 Å². The highest BCUT2D eigenvalue weighted by atomic mass is 35.5. The molecule has 94 valence electrons. The molecule has 0 aromatic heterocycles. The summed E-state index contributed by atoms with van der Waals surface area (Å²) < 4.78 is 24.8. The smallest absolute Gasteiger partial charge is 0.208 e. The molecule has 0 N–H and O–H groups in total. The zero-order valence-electron chi connectivity index (χ0n) is 10.1. The van der Waals surface area contributed by atoms with Crippen LogP contribution in [0.25, 0.3) is 0 Å². The van der Waals surface area contributed by atoms with Crippen molar-refractivity contribution >= 4 is 21.4 Å². The maximum atomic E-state index is 12.4. The van der Waals surface area contributed by atoms with Gasteiger partial charge in [0.05, 0.1) is 14.8 Å². The average Bonchev–Trinajstić information content (AvgIpc) is 2.29. The Hall–Kier alpha value is -1.32. The summed E-state index contributed by atoms with van der Waals surface area (Å²) in [5, 5.41) is 0.260. The predicted molar refractivity (Wildman–Crippen MR) is 72.8 cm³/mol. The van der Waals surface area contributed by atoms with Crippen molar-refractivity contribution in [3.63, 3.8) is 0 Å². The zero-order valence-corrected chi connectivity index (χ0v) is 11.7. The van der Waals surface area contributed by atoms with E-state index in [1.165, 1.54) is 0 Å². The minimum Gasteiger partial charge on any atom is -0.218 e. The Bertz CT molecular complexity index is 673. The van der Waals surface area contributed by atoms with Crippen LogP contribution >= 0.6 is 11.6 Å². The van der Waals surface area contributed by atoms with Gasteiger partial charge in [0.25, 0.3) is 0 Å². The van der Waals surface area contributed by atoms with Crippen molar-refractivity contribution in [2.45, 2.75) is 23.6 Å². The van der Waals surface area contributed by atoms with Crippen LogP contribution in [-0.4, -0.2) is 8.42 Å². The molecule has 0 radical (unpaired) electrons. The Morgan fingerprint density at radius 3 is 2.00 bits per heavy atom. The van der Waals surface area contributed by atoms with Crippen LogP contribution in [0.2, 0.25) is 5.02 Å². The fraction of sp³-hybridized carbons (Fsp3) is 0.143. The van der Waals surface area contributed by atoms with Crippen molar-refractivity contribution < 1.29 is 8.42 Å². The van der Waals surface area contributed by atoms with Crippen molar-refractivity contribution in [1.29, 1.82) is 0 Å². The van der Waals surface area contributed by atoms with Crippen LogP contribution in [0.3, 0.4) is 0 Å². The molecule has 2 aromatic carbocycles. The number of halogens is 1. The first-order valence-corrected chi connectivity index (χ1v) is 7.35. The van der Waals surface area contributed by atoms with Gasteiger partial charge in [-0.05, 0) is 43.7 Å². The normalized spacial score (nSPS) is 11.5. The Labute approximate surface area is 112 Å². The van der Waals surface area contributed by atoms with Gasteiger partial charge in [-0.3, -0.25) is 0 Å². The molecule has 18 heavy (non-hydrogen) atoms. The lowest BCUT2D eigenvalue weighted by atomic mass is 10.2. The van der Waals surface area contributed by atoms with Gasteiger partial charge in [-0.25, -0.2) is 8.42 Å². The van der Waals surface area contributed by atoms with Crippen LogP contribution in [-0.2, 0) is 9.84 Å². The molecule has 0 heterocycles. The molecule has 0 aliphatic heterocycles. The number of hydrogen-bond acceptors (Lipinski definition) is 2. The number of hydrogen-bond donors (Lipinski definition) is 0. The van der Waals surface area contributed by atoms with Crippen LogP contribution in [0.15, 0.2) is 52.3 Å².